The highest BCUT2D eigenvalue weighted by Gasteiger charge is 2.23. The van der Waals surface area contributed by atoms with Crippen molar-refractivity contribution in [2.75, 3.05) is 0 Å². The van der Waals surface area contributed by atoms with Crippen LogP contribution < -0.4 is 5.73 Å². The van der Waals surface area contributed by atoms with Gasteiger partial charge in [0.05, 0.1) is 5.69 Å². The smallest absolute Gasteiger partial charge is 0.106 e. The second kappa shape index (κ2) is 4.41. The number of halogens is 1. The van der Waals surface area contributed by atoms with Crippen molar-refractivity contribution >= 4 is 15.9 Å². The fraction of sp³-hybridized carbons (Fsp3) is 0.545. The van der Waals surface area contributed by atoms with Gasteiger partial charge < -0.3 is 5.73 Å². The maximum absolute atomic E-state index is 6.19. The second-order valence-electron chi connectivity index (χ2n) is 3.96. The Bertz CT molecular complexity index is 308. The largest absolute Gasteiger partial charge is 0.322 e. The summed E-state index contributed by atoms with van der Waals surface area (Å²) >= 11 is 3.37. The molecule has 1 atom stereocenters. The summed E-state index contributed by atoms with van der Waals surface area (Å²) in [5, 5.41) is 0. The molecule has 0 unspecified atom stereocenters. The van der Waals surface area contributed by atoms with E-state index in [4.69, 9.17) is 5.73 Å². The third-order valence-electron chi connectivity index (χ3n) is 2.99. The van der Waals surface area contributed by atoms with Crippen LogP contribution in [0.5, 0.6) is 0 Å². The fourth-order valence-electron chi connectivity index (χ4n) is 2.17. The number of rotatable bonds is 2. The zero-order valence-electron chi connectivity index (χ0n) is 8.12. The monoisotopic (exact) mass is 254 g/mol. The van der Waals surface area contributed by atoms with E-state index >= 15 is 0 Å². The summed E-state index contributed by atoms with van der Waals surface area (Å²) < 4.78 is 0.878. The van der Waals surface area contributed by atoms with Crippen LogP contribution in [-0.2, 0) is 0 Å². The van der Waals surface area contributed by atoms with Crippen molar-refractivity contribution in [3.8, 4) is 0 Å². The maximum Gasteiger partial charge on any atom is 0.106 e. The van der Waals surface area contributed by atoms with Gasteiger partial charge in [0.2, 0.25) is 0 Å². The van der Waals surface area contributed by atoms with Crippen LogP contribution in [-0.4, -0.2) is 4.98 Å². The van der Waals surface area contributed by atoms with E-state index in [0.29, 0.717) is 5.92 Å². The molecular weight excluding hydrogens is 240 g/mol. The van der Waals surface area contributed by atoms with E-state index in [-0.39, 0.29) is 6.04 Å². The number of hydrogen-bond acceptors (Lipinski definition) is 2. The van der Waals surface area contributed by atoms with Crippen LogP contribution >= 0.6 is 15.9 Å². The van der Waals surface area contributed by atoms with Crippen LogP contribution in [0.3, 0.4) is 0 Å². The molecule has 1 heterocycles. The molecule has 0 bridgehead atoms. The molecule has 1 aromatic rings. The molecule has 2 N–H and O–H groups in total. The molecule has 76 valence electrons. The minimum Gasteiger partial charge on any atom is -0.322 e. The van der Waals surface area contributed by atoms with Crippen molar-refractivity contribution in [3.05, 3.63) is 28.5 Å². The number of pyridine rings is 1. The molecule has 1 aliphatic carbocycles. The van der Waals surface area contributed by atoms with E-state index in [2.05, 4.69) is 20.9 Å². The predicted molar refractivity (Wildman–Crippen MR) is 60.8 cm³/mol. The molecule has 0 radical (unpaired) electrons. The van der Waals surface area contributed by atoms with E-state index < -0.39 is 0 Å². The topological polar surface area (TPSA) is 38.9 Å². The van der Waals surface area contributed by atoms with Gasteiger partial charge in [-0.3, -0.25) is 0 Å². The Hall–Kier alpha value is -0.410. The highest BCUT2D eigenvalue weighted by molar-refractivity contribution is 9.10. The second-order valence-corrected chi connectivity index (χ2v) is 4.77. The van der Waals surface area contributed by atoms with Gasteiger partial charge in [-0.1, -0.05) is 18.9 Å². The zero-order valence-corrected chi connectivity index (χ0v) is 9.70. The number of aromatic nitrogens is 1. The molecule has 0 aliphatic heterocycles. The first-order valence-electron chi connectivity index (χ1n) is 5.15. The van der Waals surface area contributed by atoms with Crippen LogP contribution in [0.25, 0.3) is 0 Å². The third kappa shape index (κ3) is 2.15. The Morgan fingerprint density at radius 2 is 2.07 bits per heavy atom. The quantitative estimate of drug-likeness (QED) is 0.825. The molecule has 2 rings (SSSR count). The van der Waals surface area contributed by atoms with Crippen LogP contribution in [0.4, 0.5) is 0 Å². The van der Waals surface area contributed by atoms with Crippen LogP contribution in [0.15, 0.2) is 22.8 Å². The van der Waals surface area contributed by atoms with Crippen LogP contribution in [0.1, 0.15) is 37.4 Å². The summed E-state index contributed by atoms with van der Waals surface area (Å²) in [6.07, 6.45) is 5.17. The van der Waals surface area contributed by atoms with E-state index in [1.807, 2.05) is 18.2 Å². The number of nitrogens with zero attached hydrogens (tertiary/aromatic N) is 1. The molecule has 0 aromatic carbocycles. The van der Waals surface area contributed by atoms with Crippen molar-refractivity contribution in [1.29, 1.82) is 0 Å². The van der Waals surface area contributed by atoms with Crippen LogP contribution in [0.2, 0.25) is 0 Å². The maximum atomic E-state index is 6.19. The van der Waals surface area contributed by atoms with Gasteiger partial charge in [-0.2, -0.15) is 0 Å². The van der Waals surface area contributed by atoms with Gasteiger partial charge in [0.1, 0.15) is 4.60 Å². The van der Waals surface area contributed by atoms with Crippen LogP contribution in [0, 0.1) is 5.92 Å². The molecule has 1 fully saturated rings. The Morgan fingerprint density at radius 3 is 2.71 bits per heavy atom. The van der Waals surface area contributed by atoms with E-state index in [9.17, 15) is 0 Å². The molecule has 3 heteroatoms. The fourth-order valence-corrected chi connectivity index (χ4v) is 2.52. The van der Waals surface area contributed by atoms with Gasteiger partial charge >= 0.3 is 0 Å². The van der Waals surface area contributed by atoms with Crippen molar-refractivity contribution in [3.63, 3.8) is 0 Å². The van der Waals surface area contributed by atoms with Gasteiger partial charge in [0.25, 0.3) is 0 Å². The average molecular weight is 255 g/mol. The SMILES string of the molecule is N[C@@H](c1cccc(Br)n1)C1CCCC1. The van der Waals surface area contributed by atoms with E-state index in [1.165, 1.54) is 25.7 Å². The zero-order chi connectivity index (χ0) is 9.97. The first-order chi connectivity index (χ1) is 6.77. The Labute approximate surface area is 93.0 Å². The van der Waals surface area contributed by atoms with Gasteiger partial charge in [0.15, 0.2) is 0 Å². The van der Waals surface area contributed by atoms with Gasteiger partial charge in [-0.05, 0) is 46.8 Å². The Kier molecular flexibility index (Phi) is 3.19. The Balaban J connectivity index is 2.13. The lowest BCUT2D eigenvalue weighted by Gasteiger charge is -2.18. The summed E-state index contributed by atoms with van der Waals surface area (Å²) in [4.78, 5) is 4.41. The molecule has 0 saturated heterocycles. The minimum absolute atomic E-state index is 0.120. The molecule has 1 saturated carbocycles. The molecule has 0 amide bonds. The number of nitrogens with two attached hydrogens (primary N) is 1. The summed E-state index contributed by atoms with van der Waals surface area (Å²) in [6, 6.07) is 6.08. The number of hydrogen-bond donors (Lipinski definition) is 1. The third-order valence-corrected chi connectivity index (χ3v) is 3.43. The Morgan fingerprint density at radius 1 is 1.36 bits per heavy atom. The van der Waals surface area contributed by atoms with Crippen molar-refractivity contribution in [1.82, 2.24) is 4.98 Å². The average Bonchev–Trinajstić information content (AvgIpc) is 2.69. The van der Waals surface area contributed by atoms with Crippen molar-refractivity contribution < 1.29 is 0 Å². The standard InChI is InChI=1S/C11H15BrN2/c12-10-7-3-6-9(14-10)11(13)8-4-1-2-5-8/h3,6-8,11H,1-2,4-5,13H2/t11-/m1/s1. The summed E-state index contributed by atoms with van der Waals surface area (Å²) in [6.45, 7) is 0. The molecule has 1 aromatic heterocycles. The first kappa shape index (κ1) is 10.1. The first-order valence-corrected chi connectivity index (χ1v) is 5.95. The summed E-state index contributed by atoms with van der Waals surface area (Å²) in [5.74, 6) is 0.636. The molecular formula is C11H15BrN2. The normalized spacial score (nSPS) is 19.9. The lowest BCUT2D eigenvalue weighted by Crippen LogP contribution is -2.20. The lowest BCUT2D eigenvalue weighted by molar-refractivity contribution is 0.436. The lowest BCUT2D eigenvalue weighted by atomic mass is 9.96. The van der Waals surface area contributed by atoms with Crippen molar-refractivity contribution in [2.24, 2.45) is 11.7 Å². The highest BCUT2D eigenvalue weighted by atomic mass is 79.9. The van der Waals surface area contributed by atoms with Gasteiger partial charge in [0, 0.05) is 6.04 Å². The van der Waals surface area contributed by atoms with Gasteiger partial charge in [-0.15, -0.1) is 0 Å². The predicted octanol–water partition coefficient (Wildman–Crippen LogP) is 3.03. The van der Waals surface area contributed by atoms with Crippen molar-refractivity contribution in [2.45, 2.75) is 31.7 Å². The summed E-state index contributed by atoms with van der Waals surface area (Å²) in [5.41, 5.74) is 7.21. The van der Waals surface area contributed by atoms with Gasteiger partial charge in [-0.25, -0.2) is 4.98 Å². The molecule has 2 nitrogen and oxygen atoms in total. The molecule has 1 aliphatic rings. The molecule has 0 spiro atoms. The van der Waals surface area contributed by atoms with E-state index in [0.717, 1.165) is 10.3 Å². The summed E-state index contributed by atoms with van der Waals surface area (Å²) in [7, 11) is 0. The molecule has 14 heavy (non-hydrogen) atoms. The minimum atomic E-state index is 0.120. The highest BCUT2D eigenvalue weighted by Crippen LogP contribution is 2.33. The van der Waals surface area contributed by atoms with E-state index in [1.54, 1.807) is 0 Å².